The molecule has 1 atom stereocenters. The Morgan fingerprint density at radius 3 is 2.41 bits per heavy atom. The summed E-state index contributed by atoms with van der Waals surface area (Å²) in [5, 5.41) is 4.24. The molecule has 0 spiro atoms. The van der Waals surface area contributed by atoms with Crippen molar-refractivity contribution in [1.29, 1.82) is 0 Å². The molecule has 0 N–H and O–H groups in total. The first-order chi connectivity index (χ1) is 13.2. The van der Waals surface area contributed by atoms with Crippen molar-refractivity contribution < 1.29 is 18.8 Å². The number of allylic oxidation sites excluding steroid dienone is 1. The summed E-state index contributed by atoms with van der Waals surface area (Å²) in [6, 6.07) is 19.5. The summed E-state index contributed by atoms with van der Waals surface area (Å²) in [7, 11) is 0. The third kappa shape index (κ3) is 3.01. The SMILES string of the molecule is CCOC(=O)C1=C(C)Oc2onc(-c3ccccc3)c2[C@@H]1c1ccccc1. The molecule has 136 valence electrons. The van der Waals surface area contributed by atoms with Crippen molar-refractivity contribution in [2.75, 3.05) is 6.61 Å². The molecular formula is C22H19NO4. The zero-order valence-electron chi connectivity index (χ0n) is 15.1. The quantitative estimate of drug-likeness (QED) is 0.630. The lowest BCUT2D eigenvalue weighted by atomic mass is 9.82. The maximum atomic E-state index is 12.8. The first-order valence-electron chi connectivity index (χ1n) is 8.86. The van der Waals surface area contributed by atoms with Crippen LogP contribution in [0.2, 0.25) is 0 Å². The van der Waals surface area contributed by atoms with E-state index in [2.05, 4.69) is 5.16 Å². The zero-order chi connectivity index (χ0) is 18.8. The van der Waals surface area contributed by atoms with E-state index in [9.17, 15) is 4.79 Å². The van der Waals surface area contributed by atoms with Gasteiger partial charge in [0.25, 0.3) is 0 Å². The minimum Gasteiger partial charge on any atom is -0.463 e. The van der Waals surface area contributed by atoms with Crippen molar-refractivity contribution in [2.24, 2.45) is 0 Å². The fraction of sp³-hybridized carbons (Fsp3) is 0.182. The molecule has 1 aliphatic rings. The Bertz CT molecular complexity index is 990. The van der Waals surface area contributed by atoms with E-state index >= 15 is 0 Å². The maximum Gasteiger partial charge on any atom is 0.338 e. The molecule has 27 heavy (non-hydrogen) atoms. The summed E-state index contributed by atoms with van der Waals surface area (Å²) in [6.45, 7) is 3.82. The number of aromatic nitrogens is 1. The van der Waals surface area contributed by atoms with Crippen LogP contribution in [0.3, 0.4) is 0 Å². The average molecular weight is 361 g/mol. The molecule has 0 saturated carbocycles. The third-order valence-corrected chi connectivity index (χ3v) is 4.57. The van der Waals surface area contributed by atoms with Gasteiger partial charge in [0.2, 0.25) is 0 Å². The summed E-state index contributed by atoms with van der Waals surface area (Å²) in [5.74, 6) is 0.00369. The van der Waals surface area contributed by atoms with Gasteiger partial charge in [-0.05, 0) is 19.4 Å². The van der Waals surface area contributed by atoms with Gasteiger partial charge in [-0.25, -0.2) is 4.79 Å². The lowest BCUT2D eigenvalue weighted by molar-refractivity contribution is -0.139. The topological polar surface area (TPSA) is 61.6 Å². The first kappa shape index (κ1) is 17.1. The fourth-order valence-electron chi connectivity index (χ4n) is 3.41. The molecule has 0 bridgehead atoms. The minimum absolute atomic E-state index is 0.291. The molecule has 2 heterocycles. The summed E-state index contributed by atoms with van der Waals surface area (Å²) in [6.07, 6.45) is 0. The van der Waals surface area contributed by atoms with Gasteiger partial charge >= 0.3 is 11.9 Å². The molecule has 0 unspecified atom stereocenters. The van der Waals surface area contributed by atoms with Crippen molar-refractivity contribution in [3.05, 3.63) is 83.1 Å². The summed E-state index contributed by atoms with van der Waals surface area (Å²) >= 11 is 0. The summed E-state index contributed by atoms with van der Waals surface area (Å²) < 4.78 is 16.6. The van der Waals surface area contributed by atoms with Crippen molar-refractivity contribution in [2.45, 2.75) is 19.8 Å². The van der Waals surface area contributed by atoms with Gasteiger partial charge < -0.3 is 14.0 Å². The Morgan fingerprint density at radius 2 is 1.74 bits per heavy atom. The molecule has 4 rings (SSSR count). The molecule has 3 aromatic rings. The number of hydrogen-bond donors (Lipinski definition) is 0. The van der Waals surface area contributed by atoms with Crippen LogP contribution in [0.15, 0.2) is 76.5 Å². The Balaban J connectivity index is 1.93. The van der Waals surface area contributed by atoms with Crippen LogP contribution in [-0.4, -0.2) is 17.7 Å². The van der Waals surface area contributed by atoms with Gasteiger partial charge in [0, 0.05) is 5.56 Å². The van der Waals surface area contributed by atoms with E-state index in [4.69, 9.17) is 14.0 Å². The van der Waals surface area contributed by atoms with Crippen molar-refractivity contribution in [1.82, 2.24) is 5.16 Å². The van der Waals surface area contributed by atoms with Gasteiger partial charge in [-0.1, -0.05) is 65.8 Å². The first-order valence-corrected chi connectivity index (χ1v) is 8.86. The molecule has 5 nitrogen and oxygen atoms in total. The van der Waals surface area contributed by atoms with Crippen LogP contribution in [0.25, 0.3) is 11.3 Å². The lowest BCUT2D eigenvalue weighted by Gasteiger charge is -2.26. The van der Waals surface area contributed by atoms with Crippen molar-refractivity contribution >= 4 is 5.97 Å². The molecule has 1 aliphatic heterocycles. The van der Waals surface area contributed by atoms with E-state index in [1.165, 1.54) is 0 Å². The van der Waals surface area contributed by atoms with Crippen LogP contribution >= 0.6 is 0 Å². The van der Waals surface area contributed by atoms with Gasteiger partial charge in [-0.2, -0.15) is 0 Å². The molecule has 0 radical (unpaired) electrons. The van der Waals surface area contributed by atoms with E-state index in [-0.39, 0.29) is 5.92 Å². The number of rotatable bonds is 4. The number of fused-ring (bicyclic) bond motifs is 1. The van der Waals surface area contributed by atoms with Crippen LogP contribution in [0.4, 0.5) is 0 Å². The highest BCUT2D eigenvalue weighted by molar-refractivity contribution is 5.93. The average Bonchev–Trinajstić information content (AvgIpc) is 3.11. The third-order valence-electron chi connectivity index (χ3n) is 4.57. The van der Waals surface area contributed by atoms with E-state index in [1.54, 1.807) is 13.8 Å². The number of carbonyl (C=O) groups is 1. The second-order valence-electron chi connectivity index (χ2n) is 6.23. The Morgan fingerprint density at radius 1 is 1.07 bits per heavy atom. The molecular weight excluding hydrogens is 342 g/mol. The van der Waals surface area contributed by atoms with Gasteiger partial charge in [0.15, 0.2) is 0 Å². The summed E-state index contributed by atoms with van der Waals surface area (Å²) in [4.78, 5) is 12.8. The number of hydrogen-bond acceptors (Lipinski definition) is 5. The second-order valence-corrected chi connectivity index (χ2v) is 6.23. The number of benzene rings is 2. The minimum atomic E-state index is -0.394. The molecule has 0 saturated heterocycles. The monoisotopic (exact) mass is 361 g/mol. The number of nitrogens with zero attached hydrogens (tertiary/aromatic N) is 1. The Kier molecular flexibility index (Phi) is 4.50. The van der Waals surface area contributed by atoms with Gasteiger partial charge in [-0.3, -0.25) is 0 Å². The van der Waals surface area contributed by atoms with E-state index < -0.39 is 5.97 Å². The van der Waals surface area contributed by atoms with Gasteiger partial charge in [0.05, 0.1) is 23.7 Å². The molecule has 5 heteroatoms. The van der Waals surface area contributed by atoms with Crippen molar-refractivity contribution in [3.8, 4) is 17.2 Å². The predicted octanol–water partition coefficient (Wildman–Crippen LogP) is 4.70. The van der Waals surface area contributed by atoms with E-state index in [0.29, 0.717) is 29.6 Å². The van der Waals surface area contributed by atoms with Crippen LogP contribution < -0.4 is 4.74 Å². The van der Waals surface area contributed by atoms with Gasteiger partial charge in [-0.15, -0.1) is 0 Å². The molecule has 0 aliphatic carbocycles. The molecule has 0 amide bonds. The summed E-state index contributed by atoms with van der Waals surface area (Å²) in [5.41, 5.74) is 3.71. The standard InChI is InChI=1S/C22H19NO4/c1-3-25-21(24)17-14(2)26-22-19(18(17)15-10-6-4-7-11-15)20(23-27-22)16-12-8-5-9-13-16/h4-13,18H,3H2,1-2H3/t18-/m1/s1. The van der Waals surface area contributed by atoms with Crippen LogP contribution in [0.5, 0.6) is 5.95 Å². The number of esters is 1. The number of ether oxygens (including phenoxy) is 2. The lowest BCUT2D eigenvalue weighted by Crippen LogP contribution is -2.23. The van der Waals surface area contributed by atoms with Crippen LogP contribution in [0.1, 0.15) is 30.9 Å². The smallest absolute Gasteiger partial charge is 0.338 e. The van der Waals surface area contributed by atoms with Gasteiger partial charge in [0.1, 0.15) is 11.5 Å². The molecule has 2 aromatic carbocycles. The normalized spacial score (nSPS) is 15.9. The fourth-order valence-corrected chi connectivity index (χ4v) is 3.41. The van der Waals surface area contributed by atoms with Crippen LogP contribution in [-0.2, 0) is 9.53 Å². The van der Waals surface area contributed by atoms with E-state index in [0.717, 1.165) is 16.7 Å². The number of carbonyl (C=O) groups excluding carboxylic acids is 1. The predicted molar refractivity (Wildman–Crippen MR) is 100 cm³/mol. The van der Waals surface area contributed by atoms with E-state index in [1.807, 2.05) is 60.7 Å². The zero-order valence-corrected chi connectivity index (χ0v) is 15.1. The molecule has 0 fully saturated rings. The Hall–Kier alpha value is -3.34. The Labute approximate surface area is 157 Å². The second kappa shape index (κ2) is 7.11. The van der Waals surface area contributed by atoms with Crippen LogP contribution in [0, 0.1) is 0 Å². The highest BCUT2D eigenvalue weighted by Crippen LogP contribution is 2.47. The largest absolute Gasteiger partial charge is 0.463 e. The van der Waals surface area contributed by atoms with Crippen molar-refractivity contribution in [3.63, 3.8) is 0 Å². The maximum absolute atomic E-state index is 12.8. The highest BCUT2D eigenvalue weighted by atomic mass is 16.6. The molecule has 1 aromatic heterocycles. The highest BCUT2D eigenvalue weighted by Gasteiger charge is 2.39.